The number of nitrogens with one attached hydrogen (secondary N) is 2. The van der Waals surface area contributed by atoms with Crippen LogP contribution in [-0.2, 0) is 0 Å². The Kier molecular flexibility index (Phi) is 1.85. The zero-order valence-corrected chi connectivity index (χ0v) is 9.46. The minimum atomic E-state index is 0.149. The number of hydrogen-bond donors (Lipinski definition) is 2. The topological polar surface area (TPSA) is 78.3 Å². The summed E-state index contributed by atoms with van der Waals surface area (Å²) in [6.07, 6.45) is 5.44. The van der Waals surface area contributed by atoms with Gasteiger partial charge in [0.05, 0.1) is 18.4 Å². The SMILES string of the molecule is C1=NC2CN=C(c3nc4ncccc4[nH]3)C=C2N1. The van der Waals surface area contributed by atoms with Crippen LogP contribution in [-0.4, -0.2) is 39.6 Å². The Morgan fingerprint density at radius 1 is 1.33 bits per heavy atom. The van der Waals surface area contributed by atoms with Gasteiger partial charge in [0.15, 0.2) is 11.5 Å². The third kappa shape index (κ3) is 1.35. The van der Waals surface area contributed by atoms with Gasteiger partial charge in [0.2, 0.25) is 0 Å². The maximum Gasteiger partial charge on any atom is 0.178 e. The van der Waals surface area contributed by atoms with Gasteiger partial charge in [-0.2, -0.15) is 0 Å². The number of aromatic nitrogens is 3. The summed E-state index contributed by atoms with van der Waals surface area (Å²) in [6, 6.07) is 3.99. The highest BCUT2D eigenvalue weighted by Crippen LogP contribution is 2.17. The molecular weight excluding hydrogens is 228 g/mol. The molecule has 0 saturated carbocycles. The van der Waals surface area contributed by atoms with Gasteiger partial charge < -0.3 is 10.3 Å². The molecule has 2 N–H and O–H groups in total. The number of H-pyrrole nitrogens is 1. The first-order valence-corrected chi connectivity index (χ1v) is 5.75. The van der Waals surface area contributed by atoms with Crippen molar-refractivity contribution in [3.05, 3.63) is 35.9 Å². The lowest BCUT2D eigenvalue weighted by Crippen LogP contribution is -2.22. The average Bonchev–Trinajstić information content (AvgIpc) is 3.04. The number of pyridine rings is 1. The molecule has 0 fully saturated rings. The number of fused-ring (bicyclic) bond motifs is 2. The third-order valence-electron chi connectivity index (χ3n) is 3.07. The normalized spacial score (nSPS) is 21.4. The zero-order chi connectivity index (χ0) is 11.9. The van der Waals surface area contributed by atoms with E-state index in [0.29, 0.717) is 12.2 Å². The maximum atomic E-state index is 4.50. The number of dihydropyridines is 1. The fraction of sp³-hybridized carbons (Fsp3) is 0.167. The Bertz CT molecular complexity index is 675. The molecule has 2 aliphatic heterocycles. The van der Waals surface area contributed by atoms with Crippen LogP contribution in [0.3, 0.4) is 0 Å². The van der Waals surface area contributed by atoms with E-state index in [-0.39, 0.29) is 6.04 Å². The van der Waals surface area contributed by atoms with Crippen molar-refractivity contribution in [3.8, 4) is 0 Å². The van der Waals surface area contributed by atoms with Crippen molar-refractivity contribution in [1.82, 2.24) is 20.3 Å². The molecule has 1 unspecified atom stereocenters. The van der Waals surface area contributed by atoms with Gasteiger partial charge in [-0.1, -0.05) is 0 Å². The number of rotatable bonds is 1. The van der Waals surface area contributed by atoms with E-state index in [1.807, 2.05) is 18.2 Å². The lowest BCUT2D eigenvalue weighted by molar-refractivity contribution is 0.778. The van der Waals surface area contributed by atoms with Crippen molar-refractivity contribution in [2.75, 3.05) is 6.54 Å². The van der Waals surface area contributed by atoms with E-state index in [1.165, 1.54) is 0 Å². The summed E-state index contributed by atoms with van der Waals surface area (Å²) in [6.45, 7) is 0.662. The highest BCUT2D eigenvalue weighted by molar-refractivity contribution is 6.08. The molecule has 0 amide bonds. The Labute approximate surface area is 103 Å². The zero-order valence-electron chi connectivity index (χ0n) is 9.46. The molecule has 4 rings (SSSR count). The number of imidazole rings is 1. The molecule has 18 heavy (non-hydrogen) atoms. The van der Waals surface area contributed by atoms with Gasteiger partial charge in [-0.3, -0.25) is 9.98 Å². The second-order valence-electron chi connectivity index (χ2n) is 4.22. The van der Waals surface area contributed by atoms with Crippen LogP contribution in [0.5, 0.6) is 0 Å². The molecule has 2 aromatic heterocycles. The largest absolute Gasteiger partial charge is 0.348 e. The first kappa shape index (κ1) is 9.52. The summed E-state index contributed by atoms with van der Waals surface area (Å²) >= 11 is 0. The lowest BCUT2D eigenvalue weighted by atomic mass is 10.1. The Hall–Kier alpha value is -2.50. The first-order valence-electron chi connectivity index (χ1n) is 5.75. The summed E-state index contributed by atoms with van der Waals surface area (Å²) in [7, 11) is 0. The Morgan fingerprint density at radius 3 is 3.28 bits per heavy atom. The monoisotopic (exact) mass is 238 g/mol. The second kappa shape index (κ2) is 3.49. The van der Waals surface area contributed by atoms with Crippen LogP contribution in [0.4, 0.5) is 0 Å². The van der Waals surface area contributed by atoms with Gasteiger partial charge in [-0.05, 0) is 18.2 Å². The molecule has 6 nitrogen and oxygen atoms in total. The number of aromatic amines is 1. The molecule has 0 spiro atoms. The third-order valence-corrected chi connectivity index (χ3v) is 3.07. The summed E-state index contributed by atoms with van der Waals surface area (Å²) in [5.74, 6) is 0.753. The highest BCUT2D eigenvalue weighted by Gasteiger charge is 2.22. The van der Waals surface area contributed by atoms with Crippen molar-refractivity contribution >= 4 is 23.2 Å². The van der Waals surface area contributed by atoms with Gasteiger partial charge in [0, 0.05) is 11.9 Å². The highest BCUT2D eigenvalue weighted by atomic mass is 15.1. The van der Waals surface area contributed by atoms with Crippen LogP contribution >= 0.6 is 0 Å². The molecule has 0 bridgehead atoms. The molecule has 2 aromatic rings. The smallest absolute Gasteiger partial charge is 0.178 e. The van der Waals surface area contributed by atoms with Crippen LogP contribution in [0, 0.1) is 0 Å². The molecule has 2 aliphatic rings. The van der Waals surface area contributed by atoms with Crippen molar-refractivity contribution in [1.29, 1.82) is 0 Å². The molecule has 0 aromatic carbocycles. The van der Waals surface area contributed by atoms with Gasteiger partial charge in [-0.25, -0.2) is 9.97 Å². The van der Waals surface area contributed by atoms with Crippen molar-refractivity contribution in [2.24, 2.45) is 9.98 Å². The molecule has 0 saturated heterocycles. The van der Waals surface area contributed by atoms with Crippen molar-refractivity contribution < 1.29 is 0 Å². The van der Waals surface area contributed by atoms with E-state index in [4.69, 9.17) is 0 Å². The standard InChI is InChI=1S/C12H10N6/c1-2-7-11(13-3-1)18-12(17-7)9-4-8-10(5-14-9)16-6-15-8/h1-4,6,10H,5H2,(H,15,16)(H,13,17,18). The second-order valence-corrected chi connectivity index (χ2v) is 4.22. The van der Waals surface area contributed by atoms with Crippen LogP contribution < -0.4 is 5.32 Å². The lowest BCUT2D eigenvalue weighted by Gasteiger charge is -2.13. The van der Waals surface area contributed by atoms with E-state index in [9.17, 15) is 0 Å². The van der Waals surface area contributed by atoms with Crippen LogP contribution in [0.2, 0.25) is 0 Å². The molecule has 0 radical (unpaired) electrons. The van der Waals surface area contributed by atoms with E-state index in [0.717, 1.165) is 22.7 Å². The van der Waals surface area contributed by atoms with E-state index in [1.54, 1.807) is 12.5 Å². The van der Waals surface area contributed by atoms with Gasteiger partial charge in [0.1, 0.15) is 11.8 Å². The quantitative estimate of drug-likeness (QED) is 0.765. The van der Waals surface area contributed by atoms with Crippen LogP contribution in [0.15, 0.2) is 40.1 Å². The fourth-order valence-corrected chi connectivity index (χ4v) is 2.15. The predicted octanol–water partition coefficient (Wildman–Crippen LogP) is 0.645. The van der Waals surface area contributed by atoms with Gasteiger partial charge >= 0.3 is 0 Å². The maximum absolute atomic E-state index is 4.50. The number of aliphatic imine (C=N–C) groups is 2. The van der Waals surface area contributed by atoms with Crippen LogP contribution in [0.25, 0.3) is 11.2 Å². The summed E-state index contributed by atoms with van der Waals surface area (Å²) in [5.41, 5.74) is 3.56. The van der Waals surface area contributed by atoms with E-state index < -0.39 is 0 Å². The first-order chi connectivity index (χ1) is 8.90. The molecule has 88 valence electrons. The minimum Gasteiger partial charge on any atom is -0.348 e. The van der Waals surface area contributed by atoms with Crippen molar-refractivity contribution in [3.63, 3.8) is 0 Å². The predicted molar refractivity (Wildman–Crippen MR) is 68.8 cm³/mol. The van der Waals surface area contributed by atoms with E-state index >= 15 is 0 Å². The van der Waals surface area contributed by atoms with Gasteiger partial charge in [-0.15, -0.1) is 0 Å². The molecule has 1 atom stereocenters. The van der Waals surface area contributed by atoms with Crippen LogP contribution in [0.1, 0.15) is 5.82 Å². The average molecular weight is 238 g/mol. The number of hydrogen-bond acceptors (Lipinski definition) is 5. The Morgan fingerprint density at radius 2 is 2.33 bits per heavy atom. The van der Waals surface area contributed by atoms with Crippen molar-refractivity contribution in [2.45, 2.75) is 6.04 Å². The number of nitrogens with zero attached hydrogens (tertiary/aromatic N) is 4. The Balaban J connectivity index is 1.77. The van der Waals surface area contributed by atoms with Gasteiger partial charge in [0.25, 0.3) is 0 Å². The summed E-state index contributed by atoms with van der Waals surface area (Å²) in [5, 5.41) is 3.12. The minimum absolute atomic E-state index is 0.149. The fourth-order valence-electron chi connectivity index (χ4n) is 2.15. The number of allylic oxidation sites excluding steroid dienone is 1. The molecule has 6 heteroatoms. The molecule has 4 heterocycles. The summed E-state index contributed by atoms with van der Waals surface area (Å²) < 4.78 is 0. The molecular formula is C12H10N6. The molecule has 0 aliphatic carbocycles. The van der Waals surface area contributed by atoms with E-state index in [2.05, 4.69) is 30.3 Å². The summed E-state index contributed by atoms with van der Waals surface area (Å²) in [4.78, 5) is 20.6.